The highest BCUT2D eigenvalue weighted by atomic mass is 16.6. The van der Waals surface area contributed by atoms with Crippen molar-refractivity contribution >= 4 is 17.5 Å². The molecule has 0 saturated carbocycles. The van der Waals surface area contributed by atoms with Crippen molar-refractivity contribution in [2.24, 2.45) is 5.92 Å². The third-order valence-corrected chi connectivity index (χ3v) is 3.75. The lowest BCUT2D eigenvalue weighted by Crippen LogP contribution is -2.32. The van der Waals surface area contributed by atoms with Crippen LogP contribution in [0.1, 0.15) is 6.42 Å². The minimum Gasteiger partial charge on any atom is -0.486 e. The molecule has 2 aliphatic rings. The van der Waals surface area contributed by atoms with E-state index >= 15 is 0 Å². The highest BCUT2D eigenvalue weighted by Crippen LogP contribution is 2.36. The number of carbonyl (C=O) groups is 2. The van der Waals surface area contributed by atoms with E-state index in [-0.39, 0.29) is 24.2 Å². The molecule has 0 spiro atoms. The Labute approximate surface area is 123 Å². The van der Waals surface area contributed by atoms with Gasteiger partial charge in [0.1, 0.15) is 13.2 Å². The average Bonchev–Trinajstić information content (AvgIpc) is 2.87. The molecule has 1 atom stereocenters. The van der Waals surface area contributed by atoms with Gasteiger partial charge >= 0.3 is 0 Å². The molecule has 0 bridgehead atoms. The first-order valence-corrected chi connectivity index (χ1v) is 6.97. The van der Waals surface area contributed by atoms with Crippen LogP contribution in [0.2, 0.25) is 0 Å². The van der Waals surface area contributed by atoms with Crippen LogP contribution < -0.4 is 14.4 Å². The Balaban J connectivity index is 1.81. The van der Waals surface area contributed by atoms with Gasteiger partial charge in [-0.15, -0.1) is 0 Å². The van der Waals surface area contributed by atoms with Crippen LogP contribution in [-0.2, 0) is 9.59 Å². The van der Waals surface area contributed by atoms with Gasteiger partial charge in [0.05, 0.1) is 5.92 Å². The van der Waals surface area contributed by atoms with E-state index in [4.69, 9.17) is 9.47 Å². The van der Waals surface area contributed by atoms with Crippen molar-refractivity contribution in [3.63, 3.8) is 0 Å². The molecule has 0 aromatic heterocycles. The lowest BCUT2D eigenvalue weighted by molar-refractivity contribution is -0.133. The van der Waals surface area contributed by atoms with Crippen molar-refractivity contribution in [2.75, 3.05) is 38.8 Å². The van der Waals surface area contributed by atoms with Crippen LogP contribution in [0.4, 0.5) is 5.69 Å². The maximum Gasteiger partial charge on any atom is 0.227 e. The van der Waals surface area contributed by atoms with Crippen molar-refractivity contribution in [3.05, 3.63) is 18.2 Å². The Hall–Kier alpha value is -2.24. The van der Waals surface area contributed by atoms with Gasteiger partial charge in [-0.05, 0) is 12.1 Å². The SMILES string of the molecule is CN(C)C(=O)[C@@H]1CC(=O)N(c2ccc3c(c2)OCCO3)C1. The maximum absolute atomic E-state index is 12.2. The van der Waals surface area contributed by atoms with E-state index < -0.39 is 0 Å². The van der Waals surface area contributed by atoms with Gasteiger partial charge in [-0.1, -0.05) is 0 Å². The Bertz CT molecular complexity index is 585. The van der Waals surface area contributed by atoms with Gasteiger partial charge in [0.15, 0.2) is 11.5 Å². The van der Waals surface area contributed by atoms with Crippen molar-refractivity contribution in [2.45, 2.75) is 6.42 Å². The average molecular weight is 290 g/mol. The molecule has 1 saturated heterocycles. The smallest absolute Gasteiger partial charge is 0.227 e. The largest absolute Gasteiger partial charge is 0.486 e. The summed E-state index contributed by atoms with van der Waals surface area (Å²) in [5.41, 5.74) is 0.748. The summed E-state index contributed by atoms with van der Waals surface area (Å²) in [6.07, 6.45) is 0.255. The molecule has 112 valence electrons. The maximum atomic E-state index is 12.2. The molecular formula is C15H18N2O4. The third kappa shape index (κ3) is 2.53. The van der Waals surface area contributed by atoms with Gasteiger partial charge in [0.25, 0.3) is 0 Å². The Morgan fingerprint density at radius 3 is 2.67 bits per heavy atom. The van der Waals surface area contributed by atoms with Crippen molar-refractivity contribution in [3.8, 4) is 11.5 Å². The number of anilines is 1. The number of hydrogen-bond acceptors (Lipinski definition) is 4. The highest BCUT2D eigenvalue weighted by molar-refractivity contribution is 6.00. The van der Waals surface area contributed by atoms with Gasteiger partial charge in [-0.3, -0.25) is 9.59 Å². The second-order valence-corrected chi connectivity index (χ2v) is 5.47. The lowest BCUT2D eigenvalue weighted by Gasteiger charge is -2.22. The van der Waals surface area contributed by atoms with Crippen molar-refractivity contribution in [1.29, 1.82) is 0 Å². The molecule has 0 unspecified atom stereocenters. The second-order valence-electron chi connectivity index (χ2n) is 5.47. The molecule has 6 nitrogen and oxygen atoms in total. The quantitative estimate of drug-likeness (QED) is 0.812. The van der Waals surface area contributed by atoms with Gasteiger partial charge in [-0.2, -0.15) is 0 Å². The summed E-state index contributed by atoms with van der Waals surface area (Å²) in [5.74, 6) is 1.02. The minimum absolute atomic E-state index is 0.0107. The van der Waals surface area contributed by atoms with E-state index in [1.807, 2.05) is 6.07 Å². The summed E-state index contributed by atoms with van der Waals surface area (Å²) < 4.78 is 11.0. The van der Waals surface area contributed by atoms with Crippen LogP contribution >= 0.6 is 0 Å². The lowest BCUT2D eigenvalue weighted by atomic mass is 10.1. The zero-order valence-corrected chi connectivity index (χ0v) is 12.2. The fraction of sp³-hybridized carbons (Fsp3) is 0.467. The summed E-state index contributed by atoms with van der Waals surface area (Å²) in [6.45, 7) is 1.45. The fourth-order valence-electron chi connectivity index (χ4n) is 2.69. The number of nitrogens with zero attached hydrogens (tertiary/aromatic N) is 2. The molecule has 2 heterocycles. The van der Waals surface area contributed by atoms with Crippen LogP contribution in [0.5, 0.6) is 11.5 Å². The van der Waals surface area contributed by atoms with Gasteiger partial charge in [0.2, 0.25) is 11.8 Å². The molecule has 1 aromatic carbocycles. The standard InChI is InChI=1S/C15H18N2O4/c1-16(2)15(19)10-7-14(18)17(9-10)11-3-4-12-13(8-11)21-6-5-20-12/h3-4,8,10H,5-7,9H2,1-2H3/t10-/m1/s1. The summed E-state index contributed by atoms with van der Waals surface area (Å²) in [7, 11) is 3.42. The fourth-order valence-corrected chi connectivity index (χ4v) is 2.69. The predicted octanol–water partition coefficient (Wildman–Crippen LogP) is 0.899. The summed E-state index contributed by atoms with van der Waals surface area (Å²) in [6, 6.07) is 5.43. The molecule has 2 amide bonds. The Morgan fingerprint density at radius 1 is 1.24 bits per heavy atom. The molecule has 0 N–H and O–H groups in total. The number of amides is 2. The van der Waals surface area contributed by atoms with Gasteiger partial charge < -0.3 is 19.3 Å². The van der Waals surface area contributed by atoms with Gasteiger partial charge in [-0.25, -0.2) is 0 Å². The zero-order chi connectivity index (χ0) is 15.0. The summed E-state index contributed by atoms with van der Waals surface area (Å²) in [4.78, 5) is 27.3. The molecular weight excluding hydrogens is 272 g/mol. The van der Waals surface area contributed by atoms with Crippen molar-refractivity contribution in [1.82, 2.24) is 4.90 Å². The number of ether oxygens (including phenoxy) is 2. The second kappa shape index (κ2) is 5.27. The molecule has 0 radical (unpaired) electrons. The first-order chi connectivity index (χ1) is 10.1. The van der Waals surface area contributed by atoms with E-state index in [0.717, 1.165) is 5.69 Å². The monoisotopic (exact) mass is 290 g/mol. The third-order valence-electron chi connectivity index (χ3n) is 3.75. The highest BCUT2D eigenvalue weighted by Gasteiger charge is 2.36. The van der Waals surface area contributed by atoms with E-state index in [0.29, 0.717) is 31.3 Å². The van der Waals surface area contributed by atoms with Gasteiger partial charge in [0, 0.05) is 38.8 Å². The van der Waals surface area contributed by atoms with Crippen LogP contribution in [0.3, 0.4) is 0 Å². The molecule has 6 heteroatoms. The summed E-state index contributed by atoms with van der Waals surface area (Å²) >= 11 is 0. The van der Waals surface area contributed by atoms with Crippen LogP contribution in [0.25, 0.3) is 0 Å². The van der Waals surface area contributed by atoms with E-state index in [2.05, 4.69) is 0 Å². The number of carbonyl (C=O) groups excluding carboxylic acids is 2. The molecule has 21 heavy (non-hydrogen) atoms. The van der Waals surface area contributed by atoms with Crippen LogP contribution in [0, 0.1) is 5.92 Å². The predicted molar refractivity (Wildman–Crippen MR) is 76.6 cm³/mol. The number of fused-ring (bicyclic) bond motifs is 1. The topological polar surface area (TPSA) is 59.1 Å². The number of hydrogen-bond donors (Lipinski definition) is 0. The van der Waals surface area contributed by atoms with E-state index in [1.54, 1.807) is 31.1 Å². The van der Waals surface area contributed by atoms with Crippen molar-refractivity contribution < 1.29 is 19.1 Å². The Morgan fingerprint density at radius 2 is 1.95 bits per heavy atom. The number of benzene rings is 1. The normalized spacial score (nSPS) is 20.6. The van der Waals surface area contributed by atoms with Crippen LogP contribution in [0.15, 0.2) is 18.2 Å². The molecule has 0 aliphatic carbocycles. The molecule has 1 aromatic rings. The number of rotatable bonds is 2. The minimum atomic E-state index is -0.277. The summed E-state index contributed by atoms with van der Waals surface area (Å²) in [5, 5.41) is 0. The molecule has 3 rings (SSSR count). The first-order valence-electron chi connectivity index (χ1n) is 6.97. The zero-order valence-electron chi connectivity index (χ0n) is 12.2. The first kappa shape index (κ1) is 13.7. The Kier molecular flexibility index (Phi) is 3.45. The van der Waals surface area contributed by atoms with Crippen LogP contribution in [-0.4, -0.2) is 50.6 Å². The molecule has 2 aliphatic heterocycles. The molecule has 1 fully saturated rings. The van der Waals surface area contributed by atoms with E-state index in [1.165, 1.54) is 4.90 Å². The van der Waals surface area contributed by atoms with E-state index in [9.17, 15) is 9.59 Å².